The summed E-state index contributed by atoms with van der Waals surface area (Å²) in [6.45, 7) is 4.55. The molecule has 2 rings (SSSR count). The topological polar surface area (TPSA) is 53.4 Å². The van der Waals surface area contributed by atoms with Crippen molar-refractivity contribution < 1.29 is 14.3 Å². The molecule has 106 valence electrons. The van der Waals surface area contributed by atoms with Gasteiger partial charge in [0.15, 0.2) is 0 Å². The van der Waals surface area contributed by atoms with Gasteiger partial charge in [-0.1, -0.05) is 12.1 Å². The Labute approximate surface area is 118 Å². The Morgan fingerprint density at radius 1 is 1.30 bits per heavy atom. The molecule has 0 saturated heterocycles. The summed E-state index contributed by atoms with van der Waals surface area (Å²) in [7, 11) is 1.64. The van der Waals surface area contributed by atoms with E-state index >= 15 is 0 Å². The van der Waals surface area contributed by atoms with E-state index in [0.717, 1.165) is 11.3 Å². The maximum atomic E-state index is 11.7. The largest absolute Gasteiger partial charge is 0.497 e. The Kier molecular flexibility index (Phi) is 4.40. The van der Waals surface area contributed by atoms with Crippen LogP contribution in [0.1, 0.15) is 28.5 Å². The number of aryl methyl sites for hydroxylation is 1. The van der Waals surface area contributed by atoms with Crippen molar-refractivity contribution in [2.45, 2.75) is 20.4 Å². The van der Waals surface area contributed by atoms with E-state index in [0.29, 0.717) is 24.4 Å². The molecule has 1 heterocycles. The van der Waals surface area contributed by atoms with Crippen LogP contribution in [0.15, 0.2) is 30.5 Å². The van der Waals surface area contributed by atoms with Crippen LogP contribution in [-0.4, -0.2) is 29.5 Å². The molecule has 0 amide bonds. The third-order valence-electron chi connectivity index (χ3n) is 2.95. The van der Waals surface area contributed by atoms with Gasteiger partial charge < -0.3 is 9.47 Å². The SMILES string of the molecule is CCOC(=O)c1cn(Cc2ccc(OC)cc2)nc1C. The van der Waals surface area contributed by atoms with Gasteiger partial charge in [0.2, 0.25) is 0 Å². The molecule has 0 atom stereocenters. The number of rotatable bonds is 5. The number of ether oxygens (including phenoxy) is 2. The van der Waals surface area contributed by atoms with Gasteiger partial charge in [0.1, 0.15) is 11.3 Å². The van der Waals surface area contributed by atoms with Crippen LogP contribution >= 0.6 is 0 Å². The van der Waals surface area contributed by atoms with E-state index in [1.54, 1.807) is 31.8 Å². The Morgan fingerprint density at radius 3 is 2.60 bits per heavy atom. The number of hydrogen-bond acceptors (Lipinski definition) is 4. The predicted octanol–water partition coefficient (Wildman–Crippen LogP) is 2.43. The molecule has 0 spiro atoms. The van der Waals surface area contributed by atoms with Crippen LogP contribution in [0.5, 0.6) is 5.75 Å². The molecule has 1 aromatic heterocycles. The first-order valence-electron chi connectivity index (χ1n) is 6.48. The zero-order valence-electron chi connectivity index (χ0n) is 11.9. The smallest absolute Gasteiger partial charge is 0.341 e. The second kappa shape index (κ2) is 6.23. The van der Waals surface area contributed by atoms with Crippen molar-refractivity contribution >= 4 is 5.97 Å². The minimum Gasteiger partial charge on any atom is -0.497 e. The fraction of sp³-hybridized carbons (Fsp3) is 0.333. The number of aromatic nitrogens is 2. The van der Waals surface area contributed by atoms with Crippen LogP contribution in [0.3, 0.4) is 0 Å². The highest BCUT2D eigenvalue weighted by molar-refractivity contribution is 5.90. The van der Waals surface area contributed by atoms with Crippen LogP contribution in [0.4, 0.5) is 0 Å². The molecule has 0 fully saturated rings. The van der Waals surface area contributed by atoms with Crippen molar-refractivity contribution in [3.05, 3.63) is 47.3 Å². The fourth-order valence-electron chi connectivity index (χ4n) is 1.93. The third kappa shape index (κ3) is 3.17. The molecule has 5 nitrogen and oxygen atoms in total. The third-order valence-corrected chi connectivity index (χ3v) is 2.95. The van der Waals surface area contributed by atoms with E-state index in [1.165, 1.54) is 0 Å². The summed E-state index contributed by atoms with van der Waals surface area (Å²) in [5.74, 6) is 0.489. The molecule has 1 aromatic carbocycles. The van der Waals surface area contributed by atoms with E-state index in [4.69, 9.17) is 9.47 Å². The van der Waals surface area contributed by atoms with Gasteiger partial charge in [-0.2, -0.15) is 5.10 Å². The minimum absolute atomic E-state index is 0.328. The molecule has 0 radical (unpaired) electrons. The molecular formula is C15H18N2O3. The summed E-state index contributed by atoms with van der Waals surface area (Å²) < 4.78 is 11.9. The molecule has 0 N–H and O–H groups in total. The first kappa shape index (κ1) is 14.1. The Balaban J connectivity index is 2.13. The van der Waals surface area contributed by atoms with Crippen molar-refractivity contribution in [2.75, 3.05) is 13.7 Å². The van der Waals surface area contributed by atoms with Crippen LogP contribution in [0, 0.1) is 6.92 Å². The van der Waals surface area contributed by atoms with Crippen molar-refractivity contribution in [1.82, 2.24) is 9.78 Å². The summed E-state index contributed by atoms with van der Waals surface area (Å²) in [5.41, 5.74) is 2.28. The minimum atomic E-state index is -0.328. The van der Waals surface area contributed by atoms with Crippen LogP contribution < -0.4 is 4.74 Å². The molecule has 5 heteroatoms. The van der Waals surface area contributed by atoms with Gasteiger partial charge in [-0.25, -0.2) is 4.79 Å². The van der Waals surface area contributed by atoms with E-state index in [-0.39, 0.29) is 5.97 Å². The normalized spacial score (nSPS) is 10.3. The van der Waals surface area contributed by atoms with Gasteiger partial charge in [-0.05, 0) is 31.5 Å². The number of nitrogens with zero attached hydrogens (tertiary/aromatic N) is 2. The fourth-order valence-corrected chi connectivity index (χ4v) is 1.93. The molecule has 2 aromatic rings. The lowest BCUT2D eigenvalue weighted by atomic mass is 10.2. The lowest BCUT2D eigenvalue weighted by molar-refractivity contribution is 0.0525. The Bertz CT molecular complexity index is 588. The molecule has 0 aliphatic heterocycles. The number of carbonyl (C=O) groups excluding carboxylic acids is 1. The molecule has 0 bridgehead atoms. The first-order chi connectivity index (χ1) is 9.63. The highest BCUT2D eigenvalue weighted by Crippen LogP contribution is 2.14. The quantitative estimate of drug-likeness (QED) is 0.786. The van der Waals surface area contributed by atoms with Gasteiger partial charge in [-0.15, -0.1) is 0 Å². The highest BCUT2D eigenvalue weighted by Gasteiger charge is 2.14. The summed E-state index contributed by atoms with van der Waals surface area (Å²) >= 11 is 0. The van der Waals surface area contributed by atoms with Crippen LogP contribution in [-0.2, 0) is 11.3 Å². The zero-order valence-corrected chi connectivity index (χ0v) is 11.9. The molecular weight excluding hydrogens is 256 g/mol. The number of esters is 1. The van der Waals surface area contributed by atoms with Gasteiger partial charge >= 0.3 is 5.97 Å². The van der Waals surface area contributed by atoms with E-state index < -0.39 is 0 Å². The second-order valence-electron chi connectivity index (χ2n) is 4.39. The summed E-state index contributed by atoms with van der Waals surface area (Å²) in [6, 6.07) is 7.75. The van der Waals surface area contributed by atoms with E-state index in [9.17, 15) is 4.79 Å². The standard InChI is InChI=1S/C15H18N2O3/c1-4-20-15(18)14-10-17(16-11(14)2)9-12-5-7-13(19-3)8-6-12/h5-8,10H,4,9H2,1-3H3. The number of methoxy groups -OCH3 is 1. The highest BCUT2D eigenvalue weighted by atomic mass is 16.5. The maximum absolute atomic E-state index is 11.7. The van der Waals surface area contributed by atoms with Crippen molar-refractivity contribution in [1.29, 1.82) is 0 Å². The molecule has 20 heavy (non-hydrogen) atoms. The second-order valence-corrected chi connectivity index (χ2v) is 4.39. The monoisotopic (exact) mass is 274 g/mol. The van der Waals surface area contributed by atoms with Gasteiger partial charge in [0, 0.05) is 6.20 Å². The van der Waals surface area contributed by atoms with Crippen molar-refractivity contribution in [3.8, 4) is 5.75 Å². The lowest BCUT2D eigenvalue weighted by Gasteiger charge is -2.03. The van der Waals surface area contributed by atoms with Gasteiger partial charge in [0.25, 0.3) is 0 Å². The van der Waals surface area contributed by atoms with Gasteiger partial charge in [-0.3, -0.25) is 4.68 Å². The Hall–Kier alpha value is -2.30. The predicted molar refractivity (Wildman–Crippen MR) is 75.0 cm³/mol. The number of benzene rings is 1. The molecule has 0 saturated carbocycles. The van der Waals surface area contributed by atoms with E-state index in [2.05, 4.69) is 5.10 Å². The first-order valence-corrected chi connectivity index (χ1v) is 6.48. The maximum Gasteiger partial charge on any atom is 0.341 e. The molecule has 0 aliphatic rings. The van der Waals surface area contributed by atoms with E-state index in [1.807, 2.05) is 24.3 Å². The summed E-state index contributed by atoms with van der Waals surface area (Å²) in [6.07, 6.45) is 1.72. The zero-order chi connectivity index (χ0) is 14.5. The summed E-state index contributed by atoms with van der Waals surface area (Å²) in [5, 5.41) is 4.34. The van der Waals surface area contributed by atoms with Crippen LogP contribution in [0.2, 0.25) is 0 Å². The average molecular weight is 274 g/mol. The van der Waals surface area contributed by atoms with Crippen molar-refractivity contribution in [3.63, 3.8) is 0 Å². The van der Waals surface area contributed by atoms with Crippen LogP contribution in [0.25, 0.3) is 0 Å². The number of carbonyl (C=O) groups is 1. The average Bonchev–Trinajstić information content (AvgIpc) is 2.81. The number of hydrogen-bond donors (Lipinski definition) is 0. The van der Waals surface area contributed by atoms with Gasteiger partial charge in [0.05, 0.1) is 26.0 Å². The molecule has 0 unspecified atom stereocenters. The lowest BCUT2D eigenvalue weighted by Crippen LogP contribution is -2.05. The summed E-state index contributed by atoms with van der Waals surface area (Å²) in [4.78, 5) is 11.7. The van der Waals surface area contributed by atoms with Crippen molar-refractivity contribution in [2.24, 2.45) is 0 Å². The Morgan fingerprint density at radius 2 is 2.00 bits per heavy atom. The molecule has 0 aliphatic carbocycles.